The van der Waals surface area contributed by atoms with Crippen molar-refractivity contribution in [3.8, 4) is 0 Å². The van der Waals surface area contributed by atoms with Crippen molar-refractivity contribution in [2.24, 2.45) is 0 Å². The number of nitrogens with one attached hydrogen (secondary N) is 1. The number of amides is 1. The Labute approximate surface area is 120 Å². The van der Waals surface area contributed by atoms with Crippen molar-refractivity contribution < 1.29 is 14.3 Å². The van der Waals surface area contributed by atoms with Crippen LogP contribution in [0.3, 0.4) is 0 Å². The molecule has 1 rings (SSSR count). The van der Waals surface area contributed by atoms with Gasteiger partial charge in [-0.05, 0) is 31.0 Å². The molecular weight excluding hydrogens is 256 g/mol. The molecule has 1 aromatic rings. The van der Waals surface area contributed by atoms with Crippen LogP contribution in [-0.2, 0) is 14.3 Å². The summed E-state index contributed by atoms with van der Waals surface area (Å²) in [6.45, 7) is 6.17. The van der Waals surface area contributed by atoms with Crippen molar-refractivity contribution in [1.82, 2.24) is 0 Å². The van der Waals surface area contributed by atoms with Gasteiger partial charge in [-0.1, -0.05) is 13.0 Å². The largest absolute Gasteiger partial charge is 0.398 e. The van der Waals surface area contributed by atoms with E-state index >= 15 is 0 Å². The summed E-state index contributed by atoms with van der Waals surface area (Å²) in [6, 6.07) is 5.47. The number of hydrogen-bond acceptors (Lipinski definition) is 4. The summed E-state index contributed by atoms with van der Waals surface area (Å²) in [7, 11) is 0. The van der Waals surface area contributed by atoms with Crippen LogP contribution in [0.4, 0.5) is 11.4 Å². The molecule has 3 N–H and O–H groups in total. The highest BCUT2D eigenvalue weighted by molar-refractivity contribution is 5.92. The third kappa shape index (κ3) is 6.04. The van der Waals surface area contributed by atoms with Crippen molar-refractivity contribution in [3.05, 3.63) is 23.8 Å². The monoisotopic (exact) mass is 280 g/mol. The van der Waals surface area contributed by atoms with Gasteiger partial charge in [0.15, 0.2) is 0 Å². The Morgan fingerprint density at radius 1 is 1.20 bits per heavy atom. The third-order valence-electron chi connectivity index (χ3n) is 2.84. The van der Waals surface area contributed by atoms with Crippen LogP contribution in [0.25, 0.3) is 0 Å². The molecule has 0 saturated heterocycles. The summed E-state index contributed by atoms with van der Waals surface area (Å²) in [5, 5.41) is 2.83. The maximum absolute atomic E-state index is 11.7. The fourth-order valence-electron chi connectivity index (χ4n) is 1.63. The molecule has 5 nitrogen and oxygen atoms in total. The zero-order chi connectivity index (χ0) is 14.8. The highest BCUT2D eigenvalue weighted by Gasteiger charge is 2.06. The van der Waals surface area contributed by atoms with Gasteiger partial charge >= 0.3 is 0 Å². The first-order chi connectivity index (χ1) is 9.65. The normalized spacial score (nSPS) is 10.5. The summed E-state index contributed by atoms with van der Waals surface area (Å²) >= 11 is 0. The Morgan fingerprint density at radius 2 is 1.90 bits per heavy atom. The zero-order valence-electron chi connectivity index (χ0n) is 12.3. The van der Waals surface area contributed by atoms with Gasteiger partial charge in [-0.25, -0.2) is 0 Å². The van der Waals surface area contributed by atoms with E-state index in [4.69, 9.17) is 15.2 Å². The number of anilines is 2. The van der Waals surface area contributed by atoms with E-state index in [0.717, 1.165) is 24.3 Å². The molecule has 5 heteroatoms. The molecule has 0 atom stereocenters. The van der Waals surface area contributed by atoms with Crippen molar-refractivity contribution in [2.45, 2.75) is 26.7 Å². The van der Waals surface area contributed by atoms with Crippen LogP contribution in [0.5, 0.6) is 0 Å². The lowest BCUT2D eigenvalue weighted by Crippen LogP contribution is -2.16. The lowest BCUT2D eigenvalue weighted by molar-refractivity contribution is -0.117. The van der Waals surface area contributed by atoms with Crippen LogP contribution in [0.1, 0.15) is 25.3 Å². The molecular formula is C15H24N2O3. The highest BCUT2D eigenvalue weighted by atomic mass is 16.5. The molecule has 0 bridgehead atoms. The minimum atomic E-state index is -0.0758. The summed E-state index contributed by atoms with van der Waals surface area (Å²) in [6.07, 6.45) is 1.32. The van der Waals surface area contributed by atoms with E-state index in [-0.39, 0.29) is 5.91 Å². The molecule has 0 aliphatic carbocycles. The molecule has 0 aliphatic rings. The zero-order valence-corrected chi connectivity index (χ0v) is 12.3. The first-order valence-electron chi connectivity index (χ1n) is 6.95. The molecule has 1 amide bonds. The fraction of sp³-hybridized carbons (Fsp3) is 0.533. The van der Waals surface area contributed by atoms with Gasteiger partial charge in [0.2, 0.25) is 5.91 Å². The minimum absolute atomic E-state index is 0.0758. The Bertz CT molecular complexity index is 422. The maximum atomic E-state index is 11.7. The van der Waals surface area contributed by atoms with Gasteiger partial charge in [0.25, 0.3) is 0 Å². The molecule has 112 valence electrons. The second kappa shape index (κ2) is 9.34. The van der Waals surface area contributed by atoms with E-state index < -0.39 is 0 Å². The standard InChI is InChI=1S/C15H24N2O3/c1-3-8-19-10-11-20-9-7-15(18)17-14-6-4-5-13(16)12(14)2/h4-6H,3,7-11,16H2,1-2H3,(H,17,18). The van der Waals surface area contributed by atoms with Crippen LogP contribution in [0, 0.1) is 6.92 Å². The van der Waals surface area contributed by atoms with E-state index in [1.165, 1.54) is 0 Å². The molecule has 0 saturated carbocycles. The summed E-state index contributed by atoms with van der Waals surface area (Å²) in [5.74, 6) is -0.0758. The molecule has 0 radical (unpaired) electrons. The molecule has 0 aromatic heterocycles. The molecule has 0 spiro atoms. The van der Waals surface area contributed by atoms with Crippen LogP contribution in [-0.4, -0.2) is 32.3 Å². The van der Waals surface area contributed by atoms with Crippen molar-refractivity contribution in [1.29, 1.82) is 0 Å². The predicted molar refractivity (Wildman–Crippen MR) is 80.8 cm³/mol. The quantitative estimate of drug-likeness (QED) is 0.538. The molecule has 0 fully saturated rings. The van der Waals surface area contributed by atoms with Gasteiger partial charge in [-0.2, -0.15) is 0 Å². The van der Waals surface area contributed by atoms with Gasteiger partial charge in [0, 0.05) is 18.0 Å². The number of nitrogen functional groups attached to an aromatic ring is 1. The number of nitrogens with two attached hydrogens (primary N) is 1. The fourth-order valence-corrected chi connectivity index (χ4v) is 1.63. The van der Waals surface area contributed by atoms with E-state index in [9.17, 15) is 4.79 Å². The number of carbonyl (C=O) groups excluding carboxylic acids is 1. The molecule has 0 heterocycles. The second-order valence-electron chi connectivity index (χ2n) is 4.54. The van der Waals surface area contributed by atoms with E-state index in [0.29, 0.717) is 31.9 Å². The van der Waals surface area contributed by atoms with Crippen molar-refractivity contribution >= 4 is 17.3 Å². The Hall–Kier alpha value is -1.59. The van der Waals surface area contributed by atoms with Gasteiger partial charge in [-0.15, -0.1) is 0 Å². The van der Waals surface area contributed by atoms with E-state index in [2.05, 4.69) is 12.2 Å². The van der Waals surface area contributed by atoms with E-state index in [1.54, 1.807) is 0 Å². The SMILES string of the molecule is CCCOCCOCCC(=O)Nc1cccc(N)c1C. The number of rotatable bonds is 9. The van der Waals surface area contributed by atoms with Crippen LogP contribution in [0.2, 0.25) is 0 Å². The predicted octanol–water partition coefficient (Wildman–Crippen LogP) is 2.35. The Morgan fingerprint density at radius 3 is 2.60 bits per heavy atom. The highest BCUT2D eigenvalue weighted by Crippen LogP contribution is 2.20. The molecule has 0 unspecified atom stereocenters. The summed E-state index contributed by atoms with van der Waals surface area (Å²) < 4.78 is 10.6. The Balaban J connectivity index is 2.19. The Kier molecular flexibility index (Phi) is 7.69. The number of benzene rings is 1. The topological polar surface area (TPSA) is 73.6 Å². The number of hydrogen-bond donors (Lipinski definition) is 2. The average Bonchev–Trinajstić information content (AvgIpc) is 2.43. The van der Waals surface area contributed by atoms with Gasteiger partial charge in [-0.3, -0.25) is 4.79 Å². The first kappa shape index (κ1) is 16.5. The summed E-state index contributed by atoms with van der Waals surface area (Å²) in [4.78, 5) is 11.7. The molecule has 0 aliphatic heterocycles. The summed E-state index contributed by atoms with van der Waals surface area (Å²) in [5.41, 5.74) is 8.09. The lowest BCUT2D eigenvalue weighted by Gasteiger charge is -2.10. The van der Waals surface area contributed by atoms with E-state index in [1.807, 2.05) is 25.1 Å². The third-order valence-corrected chi connectivity index (χ3v) is 2.84. The van der Waals surface area contributed by atoms with Crippen LogP contribution in [0.15, 0.2) is 18.2 Å². The van der Waals surface area contributed by atoms with Gasteiger partial charge in [0.1, 0.15) is 0 Å². The maximum Gasteiger partial charge on any atom is 0.226 e. The molecule has 1 aromatic carbocycles. The van der Waals surface area contributed by atoms with Crippen LogP contribution < -0.4 is 11.1 Å². The van der Waals surface area contributed by atoms with Gasteiger partial charge < -0.3 is 20.5 Å². The molecule has 20 heavy (non-hydrogen) atoms. The second-order valence-corrected chi connectivity index (χ2v) is 4.54. The smallest absolute Gasteiger partial charge is 0.226 e. The van der Waals surface area contributed by atoms with Gasteiger partial charge in [0.05, 0.1) is 26.2 Å². The number of carbonyl (C=O) groups is 1. The average molecular weight is 280 g/mol. The van der Waals surface area contributed by atoms with Crippen molar-refractivity contribution in [2.75, 3.05) is 37.5 Å². The lowest BCUT2D eigenvalue weighted by atomic mass is 10.1. The number of ether oxygens (including phenoxy) is 2. The minimum Gasteiger partial charge on any atom is -0.398 e. The van der Waals surface area contributed by atoms with Crippen molar-refractivity contribution in [3.63, 3.8) is 0 Å². The van der Waals surface area contributed by atoms with Crippen LogP contribution >= 0.6 is 0 Å². The first-order valence-corrected chi connectivity index (χ1v) is 6.95.